The van der Waals surface area contributed by atoms with Crippen LogP contribution in [0.15, 0.2) is 36.4 Å². The van der Waals surface area contributed by atoms with E-state index in [-0.39, 0.29) is 0 Å². The highest BCUT2D eigenvalue weighted by atomic mass is 32.2. The van der Waals surface area contributed by atoms with Crippen LogP contribution in [0.1, 0.15) is 12.1 Å². The number of pyridine rings is 1. The molecule has 1 aromatic heterocycles. The van der Waals surface area contributed by atoms with Crippen LogP contribution >= 0.6 is 11.8 Å². The van der Waals surface area contributed by atoms with Gasteiger partial charge < -0.3 is 10.6 Å². The fourth-order valence-corrected chi connectivity index (χ4v) is 2.22. The first kappa shape index (κ1) is 16.9. The molecule has 0 aromatic carbocycles. The molecule has 0 amide bonds. The summed E-state index contributed by atoms with van der Waals surface area (Å²) in [7, 11) is 0. The molecule has 21 heavy (non-hydrogen) atoms. The van der Waals surface area contributed by atoms with Gasteiger partial charge in [0, 0.05) is 37.2 Å². The van der Waals surface area contributed by atoms with Gasteiger partial charge in [0.05, 0.1) is 10.6 Å². The summed E-state index contributed by atoms with van der Waals surface area (Å²) in [5.41, 5.74) is 1.02. The van der Waals surface area contributed by atoms with Gasteiger partial charge in [-0.2, -0.15) is 11.8 Å². The first-order valence-corrected chi connectivity index (χ1v) is 7.62. The molecule has 0 saturated heterocycles. The molecule has 0 spiro atoms. The predicted molar refractivity (Wildman–Crippen MR) is 84.9 cm³/mol. The third-order valence-electron chi connectivity index (χ3n) is 2.36. The smallest absolute Gasteiger partial charge is 0.274 e. The fraction of sp³-hybridized carbons (Fsp3) is 0.357. The van der Waals surface area contributed by atoms with Gasteiger partial charge in [0.25, 0.3) is 6.20 Å². The Bertz CT molecular complexity index is 499. The number of aromatic nitrogens is 1. The number of nitrogens with zero attached hydrogens (tertiary/aromatic N) is 2. The van der Waals surface area contributed by atoms with Gasteiger partial charge in [-0.05, 0) is 12.1 Å². The van der Waals surface area contributed by atoms with Gasteiger partial charge in [-0.1, -0.05) is 6.07 Å². The van der Waals surface area contributed by atoms with Crippen molar-refractivity contribution in [2.75, 3.05) is 18.8 Å². The Labute approximate surface area is 128 Å². The molecule has 2 N–H and O–H groups in total. The molecule has 0 atom stereocenters. The molecule has 0 aliphatic rings. The van der Waals surface area contributed by atoms with Gasteiger partial charge in [-0.15, -0.1) is 12.3 Å². The number of hydrogen-bond acceptors (Lipinski definition) is 6. The summed E-state index contributed by atoms with van der Waals surface area (Å²) < 4.78 is 0. The molecule has 0 radical (unpaired) electrons. The second-order valence-corrected chi connectivity index (χ2v) is 5.11. The predicted octanol–water partition coefficient (Wildman–Crippen LogP) is 1.59. The Kier molecular flexibility index (Phi) is 8.48. The lowest BCUT2D eigenvalue weighted by molar-refractivity contribution is -0.404. The molecule has 1 rings (SSSR count). The molecule has 6 nitrogen and oxygen atoms in total. The number of nitrogens with one attached hydrogen (secondary N) is 2. The maximum Gasteiger partial charge on any atom is 0.274 e. The number of hydrogen-bond donors (Lipinski definition) is 2. The van der Waals surface area contributed by atoms with Crippen molar-refractivity contribution >= 4 is 11.8 Å². The maximum atomic E-state index is 10.5. The summed E-state index contributed by atoms with van der Waals surface area (Å²) in [5, 5.41) is 16.4. The summed E-state index contributed by atoms with van der Waals surface area (Å²) in [6.45, 7) is 1.13. The highest BCUT2D eigenvalue weighted by Gasteiger charge is 2.01. The molecular weight excluding hydrogens is 288 g/mol. The van der Waals surface area contributed by atoms with Crippen molar-refractivity contribution in [3.8, 4) is 12.3 Å². The highest BCUT2D eigenvalue weighted by Crippen LogP contribution is 2.08. The second kappa shape index (κ2) is 10.6. The lowest BCUT2D eigenvalue weighted by Gasteiger charge is -2.10. The highest BCUT2D eigenvalue weighted by molar-refractivity contribution is 7.98. The van der Waals surface area contributed by atoms with Crippen molar-refractivity contribution in [1.82, 2.24) is 15.6 Å². The minimum absolute atomic E-state index is 0.383. The van der Waals surface area contributed by atoms with E-state index in [1.165, 1.54) is 0 Å². The monoisotopic (exact) mass is 306 g/mol. The fourth-order valence-electron chi connectivity index (χ4n) is 1.45. The van der Waals surface area contributed by atoms with E-state index in [0.29, 0.717) is 25.3 Å². The summed E-state index contributed by atoms with van der Waals surface area (Å²) in [5.74, 6) is 4.50. The van der Waals surface area contributed by atoms with Crippen molar-refractivity contribution in [3.63, 3.8) is 0 Å². The zero-order chi connectivity index (χ0) is 15.3. The number of nitro groups is 1. The first-order chi connectivity index (χ1) is 10.2. The van der Waals surface area contributed by atoms with Crippen LogP contribution in [0.2, 0.25) is 0 Å². The van der Waals surface area contributed by atoms with E-state index in [9.17, 15) is 10.1 Å². The second-order valence-electron chi connectivity index (χ2n) is 4.01. The van der Waals surface area contributed by atoms with Gasteiger partial charge in [-0.25, -0.2) is 0 Å². The Hall–Kier alpha value is -2.20. The molecular formula is C14H18N4O2S. The third kappa shape index (κ3) is 8.55. The molecule has 0 aliphatic heterocycles. The number of thioether (sulfide) groups is 1. The van der Waals surface area contributed by atoms with Crippen LogP contribution in [-0.4, -0.2) is 28.7 Å². The Morgan fingerprint density at radius 1 is 1.48 bits per heavy atom. The standard InChI is InChI=1S/C14H18N4O2S/c1-2-3-7-16-14(11-18(19)20)17-9-10-21-12-13-6-4-5-8-15-13/h1,4-6,8,11,16-17H,3,7,9-10,12H2. The molecule has 0 saturated carbocycles. The third-order valence-corrected chi connectivity index (χ3v) is 3.35. The van der Waals surface area contributed by atoms with E-state index in [1.807, 2.05) is 18.2 Å². The van der Waals surface area contributed by atoms with Crippen LogP contribution < -0.4 is 10.6 Å². The van der Waals surface area contributed by atoms with Gasteiger partial charge >= 0.3 is 0 Å². The van der Waals surface area contributed by atoms with Crippen molar-refractivity contribution < 1.29 is 4.92 Å². The van der Waals surface area contributed by atoms with Gasteiger partial charge in [0.1, 0.15) is 0 Å². The zero-order valence-electron chi connectivity index (χ0n) is 11.6. The van der Waals surface area contributed by atoms with E-state index < -0.39 is 4.92 Å². The van der Waals surface area contributed by atoms with E-state index in [4.69, 9.17) is 6.42 Å². The maximum absolute atomic E-state index is 10.5. The van der Waals surface area contributed by atoms with Crippen LogP contribution in [0.5, 0.6) is 0 Å². The van der Waals surface area contributed by atoms with E-state index >= 15 is 0 Å². The quantitative estimate of drug-likeness (QED) is 0.296. The molecule has 7 heteroatoms. The Balaban J connectivity index is 2.23. The molecule has 1 aromatic rings. The van der Waals surface area contributed by atoms with E-state index in [0.717, 1.165) is 23.4 Å². The molecule has 1 heterocycles. The topological polar surface area (TPSA) is 80.1 Å². The van der Waals surface area contributed by atoms with Gasteiger partial charge in [0.2, 0.25) is 0 Å². The number of terminal acetylenes is 1. The van der Waals surface area contributed by atoms with E-state index in [2.05, 4.69) is 21.5 Å². The van der Waals surface area contributed by atoms with E-state index in [1.54, 1.807) is 18.0 Å². The number of rotatable bonds is 10. The van der Waals surface area contributed by atoms with Crippen molar-refractivity contribution in [2.45, 2.75) is 12.2 Å². The van der Waals surface area contributed by atoms with Gasteiger partial charge in [0.15, 0.2) is 5.82 Å². The lowest BCUT2D eigenvalue weighted by Crippen LogP contribution is -2.29. The molecule has 0 unspecified atom stereocenters. The average molecular weight is 306 g/mol. The summed E-state index contributed by atoms with van der Waals surface area (Å²) in [6, 6.07) is 5.81. The Morgan fingerprint density at radius 3 is 2.95 bits per heavy atom. The summed E-state index contributed by atoms with van der Waals surface area (Å²) in [4.78, 5) is 14.2. The minimum atomic E-state index is -0.494. The van der Waals surface area contributed by atoms with Crippen LogP contribution in [0, 0.1) is 22.5 Å². The summed E-state index contributed by atoms with van der Waals surface area (Å²) in [6.07, 6.45) is 8.34. The minimum Gasteiger partial charge on any atom is -0.366 e. The largest absolute Gasteiger partial charge is 0.366 e. The molecule has 112 valence electrons. The summed E-state index contributed by atoms with van der Waals surface area (Å²) >= 11 is 1.71. The molecule has 0 aliphatic carbocycles. The average Bonchev–Trinajstić information content (AvgIpc) is 2.47. The normalized spacial score (nSPS) is 10.7. The molecule has 0 fully saturated rings. The van der Waals surface area contributed by atoms with Crippen LogP contribution in [0.4, 0.5) is 0 Å². The van der Waals surface area contributed by atoms with Crippen molar-refractivity contribution in [1.29, 1.82) is 0 Å². The van der Waals surface area contributed by atoms with Crippen LogP contribution in [0.25, 0.3) is 0 Å². The van der Waals surface area contributed by atoms with Crippen molar-refractivity contribution in [2.24, 2.45) is 0 Å². The van der Waals surface area contributed by atoms with Crippen LogP contribution in [0.3, 0.4) is 0 Å². The van der Waals surface area contributed by atoms with Crippen LogP contribution in [-0.2, 0) is 5.75 Å². The molecule has 0 bridgehead atoms. The van der Waals surface area contributed by atoms with Gasteiger partial charge in [-0.3, -0.25) is 15.1 Å². The van der Waals surface area contributed by atoms with Crippen molar-refractivity contribution in [3.05, 3.63) is 52.2 Å². The first-order valence-electron chi connectivity index (χ1n) is 6.46. The zero-order valence-corrected chi connectivity index (χ0v) is 12.4. The lowest BCUT2D eigenvalue weighted by atomic mass is 10.4. The Morgan fingerprint density at radius 2 is 2.29 bits per heavy atom. The SMILES string of the molecule is C#CCCNC(=C[N+](=O)[O-])NCCSCc1ccccn1.